The second-order valence-corrected chi connectivity index (χ2v) is 2.78. The Hall–Kier alpha value is -1.06. The standard InChI is InChI=1S/C10H14O3/c1-12-10-6-4-9(5-7-10)3-2-8-13-11/h4-7,11H,2-3,8H2,1H3. The first-order chi connectivity index (χ1) is 6.36. The zero-order chi connectivity index (χ0) is 9.52. The van der Waals surface area contributed by atoms with Gasteiger partial charge in [-0.05, 0) is 30.5 Å². The van der Waals surface area contributed by atoms with Crippen molar-refractivity contribution in [2.24, 2.45) is 0 Å². The molecule has 0 saturated carbocycles. The van der Waals surface area contributed by atoms with Crippen LogP contribution in [0.2, 0.25) is 0 Å². The van der Waals surface area contributed by atoms with Crippen molar-refractivity contribution < 1.29 is 14.9 Å². The Morgan fingerprint density at radius 3 is 2.46 bits per heavy atom. The van der Waals surface area contributed by atoms with Gasteiger partial charge < -0.3 is 4.74 Å². The molecule has 3 heteroatoms. The summed E-state index contributed by atoms with van der Waals surface area (Å²) in [6, 6.07) is 7.87. The zero-order valence-electron chi connectivity index (χ0n) is 7.69. The van der Waals surface area contributed by atoms with Crippen LogP contribution in [0.4, 0.5) is 0 Å². The fourth-order valence-corrected chi connectivity index (χ4v) is 1.13. The molecule has 0 fully saturated rings. The highest BCUT2D eigenvalue weighted by molar-refractivity contribution is 5.27. The summed E-state index contributed by atoms with van der Waals surface area (Å²) in [5, 5.41) is 8.11. The summed E-state index contributed by atoms with van der Waals surface area (Å²) in [7, 11) is 1.65. The Bertz CT molecular complexity index is 230. The lowest BCUT2D eigenvalue weighted by atomic mass is 10.1. The molecular formula is C10H14O3. The van der Waals surface area contributed by atoms with Crippen molar-refractivity contribution in [3.05, 3.63) is 29.8 Å². The third-order valence-corrected chi connectivity index (χ3v) is 1.86. The van der Waals surface area contributed by atoms with E-state index in [-0.39, 0.29) is 0 Å². The Kier molecular flexibility index (Phi) is 4.29. The second kappa shape index (κ2) is 5.56. The molecule has 13 heavy (non-hydrogen) atoms. The van der Waals surface area contributed by atoms with Crippen molar-refractivity contribution in [2.75, 3.05) is 13.7 Å². The van der Waals surface area contributed by atoms with Crippen LogP contribution in [0.15, 0.2) is 24.3 Å². The van der Waals surface area contributed by atoms with Crippen LogP contribution in [0.3, 0.4) is 0 Å². The molecule has 0 aromatic heterocycles. The van der Waals surface area contributed by atoms with E-state index in [1.807, 2.05) is 24.3 Å². The van der Waals surface area contributed by atoms with Crippen LogP contribution in [0.25, 0.3) is 0 Å². The van der Waals surface area contributed by atoms with Gasteiger partial charge in [0.05, 0.1) is 13.7 Å². The minimum atomic E-state index is 0.381. The monoisotopic (exact) mass is 182 g/mol. The first-order valence-electron chi connectivity index (χ1n) is 4.26. The molecule has 0 atom stereocenters. The lowest BCUT2D eigenvalue weighted by Crippen LogP contribution is -1.92. The molecule has 1 rings (SSSR count). The molecule has 1 aromatic rings. The van der Waals surface area contributed by atoms with Crippen molar-refractivity contribution in [1.82, 2.24) is 0 Å². The fraction of sp³-hybridized carbons (Fsp3) is 0.400. The summed E-state index contributed by atoms with van der Waals surface area (Å²) < 4.78 is 5.03. The van der Waals surface area contributed by atoms with E-state index in [4.69, 9.17) is 9.99 Å². The molecule has 0 amide bonds. The second-order valence-electron chi connectivity index (χ2n) is 2.78. The summed E-state index contributed by atoms with van der Waals surface area (Å²) in [4.78, 5) is 3.98. The van der Waals surface area contributed by atoms with E-state index >= 15 is 0 Å². The van der Waals surface area contributed by atoms with Gasteiger partial charge in [0.1, 0.15) is 5.75 Å². The molecule has 0 bridgehead atoms. The smallest absolute Gasteiger partial charge is 0.118 e. The molecule has 0 spiro atoms. The van der Waals surface area contributed by atoms with Crippen molar-refractivity contribution in [1.29, 1.82) is 0 Å². The van der Waals surface area contributed by atoms with Gasteiger partial charge in [0.2, 0.25) is 0 Å². The van der Waals surface area contributed by atoms with Crippen molar-refractivity contribution in [2.45, 2.75) is 12.8 Å². The van der Waals surface area contributed by atoms with E-state index in [0.29, 0.717) is 6.61 Å². The molecule has 3 nitrogen and oxygen atoms in total. The molecular weight excluding hydrogens is 168 g/mol. The normalized spacial score (nSPS) is 10.0. The highest BCUT2D eigenvalue weighted by Crippen LogP contribution is 2.12. The SMILES string of the molecule is COc1ccc(CCCOO)cc1. The van der Waals surface area contributed by atoms with E-state index in [1.165, 1.54) is 5.56 Å². The Balaban J connectivity index is 2.40. The molecule has 0 saturated heterocycles. The van der Waals surface area contributed by atoms with Gasteiger partial charge in [-0.2, -0.15) is 0 Å². The van der Waals surface area contributed by atoms with Gasteiger partial charge in [-0.1, -0.05) is 12.1 Å². The summed E-state index contributed by atoms with van der Waals surface area (Å²) in [5.74, 6) is 0.863. The predicted molar refractivity (Wildman–Crippen MR) is 49.9 cm³/mol. The van der Waals surface area contributed by atoms with E-state index in [2.05, 4.69) is 4.89 Å². The molecule has 0 unspecified atom stereocenters. The molecule has 0 heterocycles. The van der Waals surface area contributed by atoms with Crippen molar-refractivity contribution in [3.63, 3.8) is 0 Å². The van der Waals surface area contributed by atoms with Crippen LogP contribution < -0.4 is 4.74 Å². The van der Waals surface area contributed by atoms with E-state index in [0.717, 1.165) is 18.6 Å². The third kappa shape index (κ3) is 3.44. The average molecular weight is 182 g/mol. The van der Waals surface area contributed by atoms with E-state index in [1.54, 1.807) is 7.11 Å². The van der Waals surface area contributed by atoms with Gasteiger partial charge in [-0.3, -0.25) is 5.26 Å². The van der Waals surface area contributed by atoms with Crippen LogP contribution >= 0.6 is 0 Å². The topological polar surface area (TPSA) is 38.7 Å². The number of methoxy groups -OCH3 is 1. The summed E-state index contributed by atoms with van der Waals surface area (Å²) in [6.07, 6.45) is 1.73. The first-order valence-corrected chi connectivity index (χ1v) is 4.26. The van der Waals surface area contributed by atoms with Gasteiger partial charge >= 0.3 is 0 Å². The van der Waals surface area contributed by atoms with Crippen LogP contribution in [0.1, 0.15) is 12.0 Å². The number of rotatable bonds is 5. The van der Waals surface area contributed by atoms with Gasteiger partial charge in [-0.25, -0.2) is 4.89 Å². The Morgan fingerprint density at radius 1 is 1.23 bits per heavy atom. The summed E-state index contributed by atoms with van der Waals surface area (Å²) in [6.45, 7) is 0.381. The molecule has 0 aliphatic carbocycles. The minimum Gasteiger partial charge on any atom is -0.497 e. The van der Waals surface area contributed by atoms with Gasteiger partial charge in [0.25, 0.3) is 0 Å². The largest absolute Gasteiger partial charge is 0.497 e. The molecule has 0 aliphatic heterocycles. The number of benzene rings is 1. The van der Waals surface area contributed by atoms with Crippen molar-refractivity contribution in [3.8, 4) is 5.75 Å². The van der Waals surface area contributed by atoms with Crippen LogP contribution in [0, 0.1) is 0 Å². The quantitative estimate of drug-likeness (QED) is 0.430. The number of hydrogen-bond donors (Lipinski definition) is 1. The minimum absolute atomic E-state index is 0.381. The zero-order valence-corrected chi connectivity index (χ0v) is 7.69. The maximum Gasteiger partial charge on any atom is 0.118 e. The fourth-order valence-electron chi connectivity index (χ4n) is 1.13. The highest BCUT2D eigenvalue weighted by Gasteiger charge is 1.94. The molecule has 1 aromatic carbocycles. The van der Waals surface area contributed by atoms with Gasteiger partial charge in [-0.15, -0.1) is 0 Å². The van der Waals surface area contributed by atoms with Crippen LogP contribution in [-0.4, -0.2) is 19.0 Å². The highest BCUT2D eigenvalue weighted by atomic mass is 17.1. The lowest BCUT2D eigenvalue weighted by molar-refractivity contribution is -0.242. The van der Waals surface area contributed by atoms with Crippen LogP contribution in [0.5, 0.6) is 5.75 Å². The van der Waals surface area contributed by atoms with Gasteiger partial charge in [0.15, 0.2) is 0 Å². The molecule has 72 valence electrons. The van der Waals surface area contributed by atoms with Crippen molar-refractivity contribution >= 4 is 0 Å². The Labute approximate surface area is 77.8 Å². The first kappa shape index (κ1) is 10.0. The molecule has 0 radical (unpaired) electrons. The van der Waals surface area contributed by atoms with Crippen LogP contribution in [-0.2, 0) is 11.3 Å². The predicted octanol–water partition coefficient (Wildman–Crippen LogP) is 2.12. The lowest BCUT2D eigenvalue weighted by Gasteiger charge is -2.02. The average Bonchev–Trinajstić information content (AvgIpc) is 2.19. The third-order valence-electron chi connectivity index (χ3n) is 1.86. The number of hydrogen-bond acceptors (Lipinski definition) is 3. The maximum atomic E-state index is 8.11. The van der Waals surface area contributed by atoms with E-state index in [9.17, 15) is 0 Å². The summed E-state index contributed by atoms with van der Waals surface area (Å²) >= 11 is 0. The summed E-state index contributed by atoms with van der Waals surface area (Å²) in [5.41, 5.74) is 1.22. The number of aryl methyl sites for hydroxylation is 1. The maximum absolute atomic E-state index is 8.11. The Morgan fingerprint density at radius 2 is 1.92 bits per heavy atom. The van der Waals surface area contributed by atoms with E-state index < -0.39 is 0 Å². The van der Waals surface area contributed by atoms with Gasteiger partial charge in [0, 0.05) is 0 Å². The molecule has 1 N–H and O–H groups in total. The molecule has 0 aliphatic rings. The number of ether oxygens (including phenoxy) is 1.